The van der Waals surface area contributed by atoms with Crippen LogP contribution in [0, 0.1) is 5.92 Å². The van der Waals surface area contributed by atoms with Crippen LogP contribution in [0.15, 0.2) is 33.2 Å². The average Bonchev–Trinajstić information content (AvgIpc) is 3.32. The zero-order valence-corrected chi connectivity index (χ0v) is 17.0. The molecule has 29 heavy (non-hydrogen) atoms. The maximum absolute atomic E-state index is 12.5. The third-order valence-corrected chi connectivity index (χ3v) is 5.70. The molecule has 4 rings (SSSR count). The van der Waals surface area contributed by atoms with Crippen molar-refractivity contribution in [3.63, 3.8) is 0 Å². The number of anilines is 1. The molecule has 3 aromatic heterocycles. The summed E-state index contributed by atoms with van der Waals surface area (Å²) in [6.07, 6.45) is 7.19. The number of aromatic amines is 1. The Morgan fingerprint density at radius 2 is 2.14 bits per heavy atom. The minimum Gasteiger partial charge on any atom is -0.302 e. The van der Waals surface area contributed by atoms with E-state index in [2.05, 4.69) is 39.6 Å². The highest BCUT2D eigenvalue weighted by Gasteiger charge is 2.19. The molecule has 0 fully saturated rings. The Balaban J connectivity index is 1.54. The maximum Gasteiger partial charge on any atom is 0.332 e. The van der Waals surface area contributed by atoms with E-state index < -0.39 is 11.2 Å². The SMILES string of the molecule is CC1C=CC(c2csc(NC(=O)Cc3n[nH]c4c3c(=O)n(C)c(=O)n4C)n2)=CC1. The van der Waals surface area contributed by atoms with Crippen molar-refractivity contribution in [1.82, 2.24) is 24.3 Å². The van der Waals surface area contributed by atoms with Gasteiger partial charge in [-0.3, -0.25) is 23.8 Å². The normalized spacial score (nSPS) is 16.2. The van der Waals surface area contributed by atoms with Crippen molar-refractivity contribution < 1.29 is 4.79 Å². The largest absolute Gasteiger partial charge is 0.332 e. The first-order chi connectivity index (χ1) is 13.8. The van der Waals surface area contributed by atoms with Gasteiger partial charge in [-0.25, -0.2) is 9.78 Å². The van der Waals surface area contributed by atoms with Crippen molar-refractivity contribution >= 4 is 39.0 Å². The van der Waals surface area contributed by atoms with Gasteiger partial charge in [0.05, 0.1) is 17.8 Å². The molecule has 0 aliphatic heterocycles. The highest BCUT2D eigenvalue weighted by molar-refractivity contribution is 7.14. The van der Waals surface area contributed by atoms with Gasteiger partial charge < -0.3 is 5.32 Å². The first kappa shape index (κ1) is 19.1. The molecule has 1 aliphatic rings. The monoisotopic (exact) mass is 412 g/mol. The highest BCUT2D eigenvalue weighted by atomic mass is 32.1. The number of rotatable bonds is 4. The Bertz CT molecular complexity index is 1290. The van der Waals surface area contributed by atoms with Crippen LogP contribution in [0.4, 0.5) is 5.13 Å². The van der Waals surface area contributed by atoms with Crippen molar-refractivity contribution in [2.45, 2.75) is 19.8 Å². The third-order valence-electron chi connectivity index (χ3n) is 4.94. The van der Waals surface area contributed by atoms with E-state index in [0.717, 1.165) is 22.3 Å². The van der Waals surface area contributed by atoms with Crippen molar-refractivity contribution in [3.05, 3.63) is 55.8 Å². The molecule has 10 heteroatoms. The molecule has 2 N–H and O–H groups in total. The van der Waals surface area contributed by atoms with Gasteiger partial charge in [-0.1, -0.05) is 25.2 Å². The van der Waals surface area contributed by atoms with Crippen LogP contribution in [0.5, 0.6) is 0 Å². The predicted molar refractivity (Wildman–Crippen MR) is 112 cm³/mol. The molecule has 0 saturated heterocycles. The number of aryl methyl sites for hydroxylation is 1. The maximum atomic E-state index is 12.5. The van der Waals surface area contributed by atoms with Crippen molar-refractivity contribution in [1.29, 1.82) is 0 Å². The fourth-order valence-corrected chi connectivity index (χ4v) is 3.97. The minimum absolute atomic E-state index is 0.109. The lowest BCUT2D eigenvalue weighted by atomic mass is 9.97. The average molecular weight is 412 g/mol. The molecule has 9 nitrogen and oxygen atoms in total. The molecule has 3 aromatic rings. The number of fused-ring (bicyclic) bond motifs is 1. The van der Waals surface area contributed by atoms with Crippen LogP contribution in [0.25, 0.3) is 16.6 Å². The summed E-state index contributed by atoms with van der Waals surface area (Å²) in [6, 6.07) is 0. The molecular weight excluding hydrogens is 392 g/mol. The van der Waals surface area contributed by atoms with E-state index in [1.807, 2.05) is 11.5 Å². The fourth-order valence-electron chi connectivity index (χ4n) is 3.24. The Kier molecular flexibility index (Phi) is 4.79. The summed E-state index contributed by atoms with van der Waals surface area (Å²) >= 11 is 1.34. The van der Waals surface area contributed by atoms with Crippen LogP contribution in [0.2, 0.25) is 0 Å². The molecule has 3 heterocycles. The standard InChI is InChI=1S/C19H20N6O3S/c1-10-4-6-11(7-5-10)13-9-29-18(20-13)21-14(26)8-12-15-16(23-22-12)24(2)19(28)25(3)17(15)27/h4,6-7,9-10H,5,8H2,1-3H3,(H,22,23)(H,20,21,26). The van der Waals surface area contributed by atoms with Gasteiger partial charge in [0.15, 0.2) is 5.13 Å². The second-order valence-corrected chi connectivity index (χ2v) is 7.95. The molecular formula is C19H20N6O3S. The Morgan fingerprint density at radius 1 is 1.34 bits per heavy atom. The summed E-state index contributed by atoms with van der Waals surface area (Å²) < 4.78 is 2.29. The lowest BCUT2D eigenvalue weighted by molar-refractivity contribution is -0.115. The van der Waals surface area contributed by atoms with E-state index >= 15 is 0 Å². The number of nitrogens with one attached hydrogen (secondary N) is 2. The smallest absolute Gasteiger partial charge is 0.302 e. The second kappa shape index (κ2) is 7.28. The summed E-state index contributed by atoms with van der Waals surface area (Å²) in [5, 5.41) is 12.1. The Hall–Kier alpha value is -3.27. The second-order valence-electron chi connectivity index (χ2n) is 7.09. The van der Waals surface area contributed by atoms with Gasteiger partial charge in [-0.2, -0.15) is 5.10 Å². The van der Waals surface area contributed by atoms with Gasteiger partial charge in [-0.15, -0.1) is 11.3 Å². The van der Waals surface area contributed by atoms with Crippen LogP contribution in [0.3, 0.4) is 0 Å². The first-order valence-corrected chi connectivity index (χ1v) is 10.00. The topological polar surface area (TPSA) is 115 Å². The Labute approximate surface area is 169 Å². The first-order valence-electron chi connectivity index (χ1n) is 9.12. The molecule has 150 valence electrons. The van der Waals surface area contributed by atoms with E-state index in [0.29, 0.717) is 16.7 Å². The molecule has 0 saturated carbocycles. The van der Waals surface area contributed by atoms with E-state index in [9.17, 15) is 14.4 Å². The number of allylic oxidation sites excluding steroid dienone is 4. The van der Waals surface area contributed by atoms with Crippen LogP contribution in [-0.2, 0) is 25.3 Å². The van der Waals surface area contributed by atoms with Crippen molar-refractivity contribution in [2.24, 2.45) is 20.0 Å². The highest BCUT2D eigenvalue weighted by Crippen LogP contribution is 2.27. The van der Waals surface area contributed by atoms with E-state index in [4.69, 9.17) is 0 Å². The van der Waals surface area contributed by atoms with Gasteiger partial charge in [0.1, 0.15) is 11.0 Å². The van der Waals surface area contributed by atoms with Crippen molar-refractivity contribution in [3.8, 4) is 0 Å². The van der Waals surface area contributed by atoms with Gasteiger partial charge in [0, 0.05) is 19.5 Å². The van der Waals surface area contributed by atoms with Gasteiger partial charge in [-0.05, 0) is 17.9 Å². The molecule has 1 atom stereocenters. The number of nitrogens with zero attached hydrogens (tertiary/aromatic N) is 4. The number of aromatic nitrogens is 5. The summed E-state index contributed by atoms with van der Waals surface area (Å²) in [4.78, 5) is 41.4. The number of carbonyl (C=O) groups excluding carboxylic acids is 1. The van der Waals surface area contributed by atoms with Crippen LogP contribution >= 0.6 is 11.3 Å². The van der Waals surface area contributed by atoms with E-state index in [-0.39, 0.29) is 23.4 Å². The molecule has 1 amide bonds. The third kappa shape index (κ3) is 3.46. The van der Waals surface area contributed by atoms with Gasteiger partial charge in [0.2, 0.25) is 5.91 Å². The van der Waals surface area contributed by atoms with Crippen molar-refractivity contribution in [2.75, 3.05) is 5.32 Å². The lowest BCUT2D eigenvalue weighted by Crippen LogP contribution is -2.37. The molecule has 1 unspecified atom stereocenters. The fraction of sp³-hybridized carbons (Fsp3) is 0.316. The van der Waals surface area contributed by atoms with Crippen LogP contribution < -0.4 is 16.6 Å². The number of amides is 1. The molecule has 0 radical (unpaired) electrons. The summed E-state index contributed by atoms with van der Waals surface area (Å²) in [7, 11) is 2.94. The number of hydrogen-bond acceptors (Lipinski definition) is 6. The van der Waals surface area contributed by atoms with Gasteiger partial charge in [0.25, 0.3) is 5.56 Å². The molecule has 0 aromatic carbocycles. The van der Waals surface area contributed by atoms with Crippen LogP contribution in [0.1, 0.15) is 24.7 Å². The number of thiazole rings is 1. The predicted octanol–water partition coefficient (Wildman–Crippen LogP) is 1.58. The number of H-pyrrole nitrogens is 1. The minimum atomic E-state index is -0.485. The number of carbonyl (C=O) groups is 1. The lowest BCUT2D eigenvalue weighted by Gasteiger charge is -2.09. The van der Waals surface area contributed by atoms with E-state index in [1.54, 1.807) is 7.05 Å². The summed E-state index contributed by atoms with van der Waals surface area (Å²) in [5.41, 5.74) is 1.50. The van der Waals surface area contributed by atoms with E-state index in [1.165, 1.54) is 23.0 Å². The van der Waals surface area contributed by atoms with Crippen LogP contribution in [-0.4, -0.2) is 30.2 Å². The summed E-state index contributed by atoms with van der Waals surface area (Å²) in [6.45, 7) is 2.15. The Morgan fingerprint density at radius 3 is 2.86 bits per heavy atom. The molecule has 0 bridgehead atoms. The zero-order chi connectivity index (χ0) is 20.7. The van der Waals surface area contributed by atoms with Gasteiger partial charge >= 0.3 is 5.69 Å². The summed E-state index contributed by atoms with van der Waals surface area (Å²) in [5.74, 6) is 0.185. The zero-order valence-electron chi connectivity index (χ0n) is 16.2. The number of hydrogen-bond donors (Lipinski definition) is 2. The molecule has 0 spiro atoms. The quantitative estimate of drug-likeness (QED) is 0.675. The molecule has 1 aliphatic carbocycles.